The van der Waals surface area contributed by atoms with Gasteiger partial charge in [0.05, 0.1) is 0 Å². The quantitative estimate of drug-likeness (QED) is 0.846. The van der Waals surface area contributed by atoms with E-state index in [0.29, 0.717) is 0 Å². The molecule has 0 unspecified atom stereocenters. The fourth-order valence-electron chi connectivity index (χ4n) is 4.42. The van der Waals surface area contributed by atoms with Crippen LogP contribution < -0.4 is 0 Å². The van der Waals surface area contributed by atoms with Gasteiger partial charge >= 0.3 is 0 Å². The molecule has 25 heavy (non-hydrogen) atoms. The smallest absolute Gasteiger partial charge is 0.219 e. The van der Waals surface area contributed by atoms with Gasteiger partial charge in [-0.05, 0) is 54.8 Å². The summed E-state index contributed by atoms with van der Waals surface area (Å²) in [6.45, 7) is 6.44. The molecule has 2 aromatic rings. The van der Waals surface area contributed by atoms with Crippen LogP contribution in [0.3, 0.4) is 0 Å². The van der Waals surface area contributed by atoms with E-state index >= 15 is 0 Å². The molecule has 1 aromatic carbocycles. The van der Waals surface area contributed by atoms with Crippen LogP contribution in [-0.2, 0) is 23.3 Å². The van der Waals surface area contributed by atoms with Crippen molar-refractivity contribution >= 4 is 5.91 Å². The molecule has 4 heteroatoms. The summed E-state index contributed by atoms with van der Waals surface area (Å²) in [5, 5.41) is 0. The third-order valence-electron chi connectivity index (χ3n) is 5.86. The first-order valence-corrected chi connectivity index (χ1v) is 9.11. The van der Waals surface area contributed by atoms with Crippen LogP contribution in [0.5, 0.6) is 0 Å². The molecule has 3 heterocycles. The molecule has 1 fully saturated rings. The van der Waals surface area contributed by atoms with Gasteiger partial charge in [-0.3, -0.25) is 14.7 Å². The number of nitrogens with zero attached hydrogens (tertiary/aromatic N) is 3. The number of rotatable bonds is 2. The highest BCUT2D eigenvalue weighted by Gasteiger charge is 2.42. The predicted molar refractivity (Wildman–Crippen MR) is 98.0 cm³/mol. The van der Waals surface area contributed by atoms with Crippen molar-refractivity contribution in [2.45, 2.75) is 38.3 Å². The summed E-state index contributed by atoms with van der Waals surface area (Å²) in [5.74, 6) is 0.188. The second kappa shape index (κ2) is 6.60. The Morgan fingerprint density at radius 3 is 2.56 bits per heavy atom. The average Bonchev–Trinajstić information content (AvgIpc) is 2.64. The number of benzene rings is 1. The molecule has 0 atom stereocenters. The molecule has 0 N–H and O–H groups in total. The largest absolute Gasteiger partial charge is 0.338 e. The van der Waals surface area contributed by atoms with E-state index in [1.54, 1.807) is 6.92 Å². The lowest BCUT2D eigenvalue weighted by atomic mass is 9.69. The topological polar surface area (TPSA) is 36.4 Å². The molecule has 130 valence electrons. The first-order chi connectivity index (χ1) is 12.2. The van der Waals surface area contributed by atoms with E-state index in [2.05, 4.69) is 46.3 Å². The Bertz CT molecular complexity index is 751. The van der Waals surface area contributed by atoms with E-state index in [0.717, 1.165) is 45.6 Å². The molecule has 0 bridgehead atoms. The number of piperidine rings is 1. The predicted octanol–water partition coefficient (Wildman–Crippen LogP) is 2.98. The summed E-state index contributed by atoms with van der Waals surface area (Å²) in [7, 11) is 0. The summed E-state index contributed by atoms with van der Waals surface area (Å²) >= 11 is 0. The number of pyridine rings is 1. The lowest BCUT2D eigenvalue weighted by Crippen LogP contribution is -2.52. The number of aromatic nitrogens is 1. The monoisotopic (exact) mass is 335 g/mol. The van der Waals surface area contributed by atoms with Gasteiger partial charge in [0.25, 0.3) is 0 Å². The minimum Gasteiger partial charge on any atom is -0.338 e. The Balaban J connectivity index is 1.53. The van der Waals surface area contributed by atoms with E-state index < -0.39 is 0 Å². The van der Waals surface area contributed by atoms with E-state index in [1.165, 1.54) is 16.7 Å². The van der Waals surface area contributed by atoms with Crippen LogP contribution >= 0.6 is 0 Å². The van der Waals surface area contributed by atoms with Crippen LogP contribution in [0.25, 0.3) is 0 Å². The number of fused-ring (bicyclic) bond motifs is 2. The summed E-state index contributed by atoms with van der Waals surface area (Å²) in [6, 6.07) is 12.9. The van der Waals surface area contributed by atoms with Crippen molar-refractivity contribution in [1.29, 1.82) is 0 Å². The highest BCUT2D eigenvalue weighted by molar-refractivity contribution is 5.74. The van der Waals surface area contributed by atoms with E-state index in [9.17, 15) is 4.79 Å². The molecular formula is C21H25N3O. The van der Waals surface area contributed by atoms with Gasteiger partial charge in [-0.25, -0.2) is 0 Å². The van der Waals surface area contributed by atoms with E-state index in [-0.39, 0.29) is 11.3 Å². The molecule has 1 aromatic heterocycles. The molecule has 1 amide bonds. The third kappa shape index (κ3) is 3.19. The minimum absolute atomic E-state index is 0.120. The fourth-order valence-corrected chi connectivity index (χ4v) is 4.42. The van der Waals surface area contributed by atoms with Crippen molar-refractivity contribution in [3.05, 3.63) is 65.5 Å². The molecule has 2 aliphatic heterocycles. The zero-order chi connectivity index (χ0) is 17.3. The van der Waals surface area contributed by atoms with Crippen LogP contribution in [0.2, 0.25) is 0 Å². The zero-order valence-electron chi connectivity index (χ0n) is 14.8. The van der Waals surface area contributed by atoms with Gasteiger partial charge in [0, 0.05) is 44.4 Å². The van der Waals surface area contributed by atoms with Crippen molar-refractivity contribution in [2.24, 2.45) is 0 Å². The van der Waals surface area contributed by atoms with Crippen molar-refractivity contribution < 1.29 is 4.79 Å². The van der Waals surface area contributed by atoms with Crippen LogP contribution in [0.15, 0.2) is 48.8 Å². The van der Waals surface area contributed by atoms with E-state index in [1.807, 2.05) is 17.3 Å². The Morgan fingerprint density at radius 2 is 1.84 bits per heavy atom. The normalized spacial score (nSPS) is 19.6. The van der Waals surface area contributed by atoms with Crippen molar-refractivity contribution in [3.8, 4) is 0 Å². The lowest BCUT2D eigenvalue weighted by molar-refractivity contribution is -0.131. The van der Waals surface area contributed by atoms with Crippen LogP contribution in [-0.4, -0.2) is 40.3 Å². The maximum atomic E-state index is 12.0. The van der Waals surface area contributed by atoms with Gasteiger partial charge in [-0.2, -0.15) is 0 Å². The van der Waals surface area contributed by atoms with Gasteiger partial charge in [0.15, 0.2) is 0 Å². The molecule has 0 saturated carbocycles. The number of carbonyl (C=O) groups excluding carboxylic acids is 1. The fraction of sp³-hybridized carbons (Fsp3) is 0.429. The van der Waals surface area contributed by atoms with Crippen molar-refractivity contribution in [1.82, 2.24) is 14.8 Å². The van der Waals surface area contributed by atoms with Crippen molar-refractivity contribution in [3.63, 3.8) is 0 Å². The number of likely N-dealkylation sites (tertiary alicyclic amines) is 1. The maximum Gasteiger partial charge on any atom is 0.219 e. The van der Waals surface area contributed by atoms with Crippen LogP contribution in [0.1, 0.15) is 36.5 Å². The molecule has 4 rings (SSSR count). The Morgan fingerprint density at radius 1 is 1.12 bits per heavy atom. The summed E-state index contributed by atoms with van der Waals surface area (Å²) < 4.78 is 0. The SMILES string of the molecule is CC(=O)N1Cc2ccccc2C2(CCN(Cc3ccncc3)CC2)C1. The number of amides is 1. The molecule has 2 aliphatic rings. The maximum absolute atomic E-state index is 12.0. The molecule has 1 spiro atoms. The highest BCUT2D eigenvalue weighted by atomic mass is 16.2. The second-order valence-corrected chi connectivity index (χ2v) is 7.44. The van der Waals surface area contributed by atoms with Gasteiger partial charge in [0.1, 0.15) is 0 Å². The standard InChI is InChI=1S/C21H25N3O/c1-17(25)24-15-19-4-2-3-5-20(19)21(16-24)8-12-23(13-9-21)14-18-6-10-22-11-7-18/h2-7,10-11H,8-9,12-16H2,1H3. The molecule has 0 radical (unpaired) electrons. The van der Waals surface area contributed by atoms with E-state index in [4.69, 9.17) is 0 Å². The Kier molecular flexibility index (Phi) is 4.30. The first kappa shape index (κ1) is 16.3. The molecular weight excluding hydrogens is 310 g/mol. The van der Waals surface area contributed by atoms with Crippen molar-refractivity contribution in [2.75, 3.05) is 19.6 Å². The van der Waals surface area contributed by atoms with Gasteiger partial charge in [-0.1, -0.05) is 24.3 Å². The zero-order valence-corrected chi connectivity index (χ0v) is 14.8. The number of hydrogen-bond acceptors (Lipinski definition) is 3. The summed E-state index contributed by atoms with van der Waals surface area (Å²) in [6.07, 6.45) is 5.95. The third-order valence-corrected chi connectivity index (χ3v) is 5.86. The second-order valence-electron chi connectivity index (χ2n) is 7.44. The number of carbonyl (C=O) groups is 1. The Labute approximate surface area is 149 Å². The van der Waals surface area contributed by atoms with Gasteiger partial charge in [0.2, 0.25) is 5.91 Å². The molecule has 0 aliphatic carbocycles. The van der Waals surface area contributed by atoms with Crippen LogP contribution in [0.4, 0.5) is 0 Å². The van der Waals surface area contributed by atoms with Gasteiger partial charge in [-0.15, -0.1) is 0 Å². The lowest BCUT2D eigenvalue weighted by Gasteiger charge is -2.48. The first-order valence-electron chi connectivity index (χ1n) is 9.11. The minimum atomic E-state index is 0.120. The summed E-state index contributed by atoms with van der Waals surface area (Å²) in [5.41, 5.74) is 4.23. The molecule has 1 saturated heterocycles. The van der Waals surface area contributed by atoms with Crippen LogP contribution in [0, 0.1) is 0 Å². The number of hydrogen-bond donors (Lipinski definition) is 0. The Hall–Kier alpha value is -2.20. The molecule has 4 nitrogen and oxygen atoms in total. The highest BCUT2D eigenvalue weighted by Crippen LogP contribution is 2.41. The van der Waals surface area contributed by atoms with Gasteiger partial charge < -0.3 is 4.90 Å². The summed E-state index contributed by atoms with van der Waals surface area (Å²) in [4.78, 5) is 20.7. The average molecular weight is 335 g/mol.